The number of esters is 1. The van der Waals surface area contributed by atoms with E-state index in [1.54, 1.807) is 6.92 Å². The van der Waals surface area contributed by atoms with Crippen molar-refractivity contribution in [3.63, 3.8) is 0 Å². The molecule has 0 bridgehead atoms. The molecule has 0 aromatic rings. The molecule has 64 heavy (non-hydrogen) atoms. The number of hydrogen-bond acceptors (Lipinski definition) is 2. The summed E-state index contributed by atoms with van der Waals surface area (Å²) in [6.07, 6.45) is 77.5. The summed E-state index contributed by atoms with van der Waals surface area (Å²) in [5, 5.41) is 0. The molecule has 382 valence electrons. The molecular weight excluding hydrogens is 777 g/mol. The van der Waals surface area contributed by atoms with Gasteiger partial charge in [0.2, 0.25) is 0 Å². The number of carbonyl (C=O) groups excluding carboxylic acids is 1. The first kappa shape index (κ1) is 63.2. The van der Waals surface area contributed by atoms with Gasteiger partial charge in [0, 0.05) is 5.57 Å². The molecule has 0 N–H and O–H groups in total. The number of unbranched alkanes of at least 4 members (excludes halogenated alkanes) is 50. The summed E-state index contributed by atoms with van der Waals surface area (Å²) >= 11 is 0. The van der Waals surface area contributed by atoms with Gasteiger partial charge in [-0.25, -0.2) is 4.79 Å². The van der Waals surface area contributed by atoms with Crippen molar-refractivity contribution < 1.29 is 9.53 Å². The summed E-state index contributed by atoms with van der Waals surface area (Å²) in [6, 6.07) is 0. The highest BCUT2D eigenvalue weighted by Crippen LogP contribution is 2.22. The lowest BCUT2D eigenvalue weighted by Crippen LogP contribution is -2.15. The lowest BCUT2D eigenvalue weighted by molar-refractivity contribution is -0.140. The Bertz CT molecular complexity index is 878. The van der Waals surface area contributed by atoms with E-state index in [0.29, 0.717) is 18.1 Å². The highest BCUT2D eigenvalue weighted by Gasteiger charge is 2.13. The molecule has 0 amide bonds. The van der Waals surface area contributed by atoms with Crippen LogP contribution in [-0.2, 0) is 9.53 Å². The molecule has 0 heterocycles. The first-order chi connectivity index (χ1) is 31.6. The second-order valence-electron chi connectivity index (χ2n) is 21.5. The maximum atomic E-state index is 12.0. The second kappa shape index (κ2) is 56.5. The van der Waals surface area contributed by atoms with Gasteiger partial charge in [0.25, 0.3) is 0 Å². The number of ether oxygens (including phenoxy) is 1. The monoisotopic (exact) mass is 899 g/mol. The molecule has 0 aromatic carbocycles. The molecule has 0 saturated carbocycles. The number of carbonyl (C=O) groups is 1. The van der Waals surface area contributed by atoms with E-state index in [2.05, 4.69) is 20.4 Å². The molecule has 1 atom stereocenters. The first-order valence-corrected chi connectivity index (χ1v) is 30.4. The van der Waals surface area contributed by atoms with Crippen LogP contribution < -0.4 is 0 Å². The predicted octanol–water partition coefficient (Wildman–Crippen LogP) is 22.8. The summed E-state index contributed by atoms with van der Waals surface area (Å²) in [5.41, 5.74) is 0.523. The third kappa shape index (κ3) is 53.8. The van der Waals surface area contributed by atoms with Crippen LogP contribution in [0, 0.1) is 5.92 Å². The Labute approximate surface area is 406 Å². The molecule has 1 unspecified atom stereocenters. The molecule has 2 nitrogen and oxygen atoms in total. The summed E-state index contributed by atoms with van der Waals surface area (Å²) in [5.74, 6) is 0.310. The van der Waals surface area contributed by atoms with Crippen molar-refractivity contribution in [3.8, 4) is 0 Å². The molecule has 0 aromatic heterocycles. The van der Waals surface area contributed by atoms with E-state index < -0.39 is 0 Å². The Kier molecular flexibility index (Phi) is 55.8. The summed E-state index contributed by atoms with van der Waals surface area (Å²) < 4.78 is 5.60. The zero-order valence-corrected chi connectivity index (χ0v) is 45.0. The van der Waals surface area contributed by atoms with Crippen LogP contribution in [0.25, 0.3) is 0 Å². The zero-order chi connectivity index (χ0) is 46.3. The van der Waals surface area contributed by atoms with Crippen LogP contribution in [0.15, 0.2) is 12.2 Å². The van der Waals surface area contributed by atoms with E-state index in [9.17, 15) is 4.79 Å². The predicted molar refractivity (Wildman–Crippen MR) is 290 cm³/mol. The summed E-state index contributed by atoms with van der Waals surface area (Å²) in [6.45, 7) is 10.7. The SMILES string of the molecule is C=C(C)C(=O)OCC(CCCCCCCCCCCC)CCCCCCCCCCCCCCCCCCCCCCCCCCCCCCCCCCCCCCCCCCCC. The Morgan fingerprint density at radius 3 is 0.609 bits per heavy atom. The lowest BCUT2D eigenvalue weighted by atomic mass is 9.94. The van der Waals surface area contributed by atoms with E-state index in [1.165, 1.54) is 347 Å². The minimum atomic E-state index is -0.213. The number of hydrogen-bond donors (Lipinski definition) is 0. The Hall–Kier alpha value is -0.790. The van der Waals surface area contributed by atoms with Gasteiger partial charge >= 0.3 is 5.97 Å². The van der Waals surface area contributed by atoms with Crippen LogP contribution >= 0.6 is 0 Å². The zero-order valence-electron chi connectivity index (χ0n) is 45.0. The van der Waals surface area contributed by atoms with Crippen molar-refractivity contribution in [2.45, 2.75) is 367 Å². The Morgan fingerprint density at radius 1 is 0.297 bits per heavy atom. The van der Waals surface area contributed by atoms with Crippen molar-refractivity contribution >= 4 is 5.97 Å². The van der Waals surface area contributed by atoms with Crippen LogP contribution in [-0.4, -0.2) is 12.6 Å². The van der Waals surface area contributed by atoms with Gasteiger partial charge in [0.1, 0.15) is 0 Å². The number of rotatable bonds is 57. The molecule has 0 aliphatic rings. The fourth-order valence-electron chi connectivity index (χ4n) is 10.1. The van der Waals surface area contributed by atoms with Gasteiger partial charge in [0.15, 0.2) is 0 Å². The van der Waals surface area contributed by atoms with Crippen LogP contribution in [0.4, 0.5) is 0 Å². The Balaban J connectivity index is 3.36. The molecule has 0 radical (unpaired) electrons. The fraction of sp³-hybridized carbons (Fsp3) is 0.952. The van der Waals surface area contributed by atoms with Crippen LogP contribution in [0.1, 0.15) is 367 Å². The van der Waals surface area contributed by atoms with Gasteiger partial charge in [-0.15, -0.1) is 0 Å². The highest BCUT2D eigenvalue weighted by molar-refractivity contribution is 5.86. The normalized spacial score (nSPS) is 12.0. The van der Waals surface area contributed by atoms with Crippen molar-refractivity contribution in [2.24, 2.45) is 5.92 Å². The quantitative estimate of drug-likeness (QED) is 0.0345. The van der Waals surface area contributed by atoms with Crippen LogP contribution in [0.2, 0.25) is 0 Å². The fourth-order valence-corrected chi connectivity index (χ4v) is 10.1. The van der Waals surface area contributed by atoms with Gasteiger partial charge in [-0.1, -0.05) is 354 Å². The molecule has 0 rings (SSSR count). The average Bonchev–Trinajstić information content (AvgIpc) is 3.30. The van der Waals surface area contributed by atoms with Gasteiger partial charge in [0.05, 0.1) is 6.61 Å². The van der Waals surface area contributed by atoms with E-state index in [-0.39, 0.29) is 5.97 Å². The molecule has 0 aliphatic carbocycles. The van der Waals surface area contributed by atoms with Crippen molar-refractivity contribution in [1.29, 1.82) is 0 Å². The molecule has 0 saturated heterocycles. The van der Waals surface area contributed by atoms with Crippen LogP contribution in [0.5, 0.6) is 0 Å². The van der Waals surface area contributed by atoms with Gasteiger partial charge in [-0.05, 0) is 25.7 Å². The smallest absolute Gasteiger partial charge is 0.333 e. The lowest BCUT2D eigenvalue weighted by Gasteiger charge is -2.17. The molecule has 0 aliphatic heterocycles. The summed E-state index contributed by atoms with van der Waals surface area (Å²) in [4.78, 5) is 12.0. The van der Waals surface area contributed by atoms with E-state index in [1.807, 2.05) is 0 Å². The van der Waals surface area contributed by atoms with Gasteiger partial charge in [-0.2, -0.15) is 0 Å². The van der Waals surface area contributed by atoms with E-state index in [4.69, 9.17) is 4.74 Å². The standard InChI is InChI=1S/C62H122O2/c1-5-7-9-11-13-15-17-18-19-20-21-22-23-24-25-26-27-28-29-30-31-32-33-34-35-36-37-38-39-40-41-42-43-44-45-46-47-48-50-52-54-56-58-61(59-64-62(63)60(3)4)57-55-53-51-49-16-14-12-10-8-6-2/h61H,3,5-59H2,1-2,4H3. The third-order valence-electron chi connectivity index (χ3n) is 14.7. The van der Waals surface area contributed by atoms with E-state index >= 15 is 0 Å². The molecule has 2 heteroatoms. The summed E-state index contributed by atoms with van der Waals surface area (Å²) in [7, 11) is 0. The van der Waals surface area contributed by atoms with Crippen molar-refractivity contribution in [3.05, 3.63) is 12.2 Å². The second-order valence-corrected chi connectivity index (χ2v) is 21.5. The van der Waals surface area contributed by atoms with E-state index in [0.717, 1.165) is 0 Å². The van der Waals surface area contributed by atoms with Gasteiger partial charge < -0.3 is 4.74 Å². The molecule has 0 spiro atoms. The topological polar surface area (TPSA) is 26.3 Å². The highest BCUT2D eigenvalue weighted by atomic mass is 16.5. The Morgan fingerprint density at radius 2 is 0.453 bits per heavy atom. The molecule has 0 fully saturated rings. The van der Waals surface area contributed by atoms with Crippen LogP contribution in [0.3, 0.4) is 0 Å². The minimum Gasteiger partial charge on any atom is -0.462 e. The first-order valence-electron chi connectivity index (χ1n) is 30.4. The maximum Gasteiger partial charge on any atom is 0.333 e. The average molecular weight is 900 g/mol. The minimum absolute atomic E-state index is 0.213. The largest absolute Gasteiger partial charge is 0.462 e. The van der Waals surface area contributed by atoms with Crippen molar-refractivity contribution in [1.82, 2.24) is 0 Å². The van der Waals surface area contributed by atoms with Crippen molar-refractivity contribution in [2.75, 3.05) is 6.61 Å². The third-order valence-corrected chi connectivity index (χ3v) is 14.7. The molecular formula is C62H122O2. The maximum absolute atomic E-state index is 12.0. The van der Waals surface area contributed by atoms with Gasteiger partial charge in [-0.3, -0.25) is 0 Å².